The minimum atomic E-state index is 0.653. The van der Waals surface area contributed by atoms with E-state index < -0.39 is 0 Å². The Balaban J connectivity index is 1.55. The van der Waals surface area contributed by atoms with Gasteiger partial charge in [-0.1, -0.05) is 6.42 Å². The molecule has 2 nitrogen and oxygen atoms in total. The monoisotopic (exact) mass is 250 g/mol. The molecular weight excluding hydrogens is 228 g/mol. The molecule has 2 fully saturated rings. The van der Waals surface area contributed by atoms with E-state index in [1.54, 1.807) is 11.3 Å². The van der Waals surface area contributed by atoms with Crippen molar-refractivity contribution in [3.05, 3.63) is 16.6 Å². The van der Waals surface area contributed by atoms with Gasteiger partial charge in [0.05, 0.1) is 5.51 Å². The van der Waals surface area contributed by atoms with Crippen LogP contribution in [0.25, 0.3) is 0 Å². The summed E-state index contributed by atoms with van der Waals surface area (Å²) < 4.78 is 0. The molecule has 1 N–H and O–H groups in total. The first-order chi connectivity index (χ1) is 8.35. The molecule has 1 heterocycles. The van der Waals surface area contributed by atoms with Gasteiger partial charge in [0.25, 0.3) is 0 Å². The maximum atomic E-state index is 4.17. The van der Waals surface area contributed by atoms with Crippen molar-refractivity contribution in [2.45, 2.75) is 44.6 Å². The van der Waals surface area contributed by atoms with Crippen LogP contribution in [-0.4, -0.2) is 18.1 Å². The van der Waals surface area contributed by atoms with Crippen LogP contribution in [0.1, 0.15) is 37.0 Å². The van der Waals surface area contributed by atoms with E-state index in [4.69, 9.17) is 0 Å². The van der Waals surface area contributed by atoms with Gasteiger partial charge in [-0.25, -0.2) is 0 Å². The van der Waals surface area contributed by atoms with Gasteiger partial charge in [0.1, 0.15) is 0 Å². The van der Waals surface area contributed by atoms with E-state index in [0.717, 1.165) is 24.2 Å². The van der Waals surface area contributed by atoms with Crippen molar-refractivity contribution < 1.29 is 0 Å². The predicted molar refractivity (Wildman–Crippen MR) is 72.2 cm³/mol. The Morgan fingerprint density at radius 1 is 1.47 bits per heavy atom. The molecule has 3 heteroatoms. The standard InChI is InChI=1S/C14H22N2S/c1-15-13(7-14-8-16-9-17-14)6-12-5-10-2-3-11(12)4-10/h8-13,15H,2-7H2,1H3. The Bertz CT molecular complexity index is 349. The number of likely N-dealkylation sites (N-methyl/N-ethyl adjacent to an activating group) is 1. The van der Waals surface area contributed by atoms with Gasteiger partial charge in [0, 0.05) is 17.1 Å². The van der Waals surface area contributed by atoms with E-state index in [2.05, 4.69) is 17.3 Å². The van der Waals surface area contributed by atoms with Crippen molar-refractivity contribution in [2.75, 3.05) is 7.05 Å². The lowest BCUT2D eigenvalue weighted by Gasteiger charge is -2.26. The molecule has 3 rings (SSSR count). The highest BCUT2D eigenvalue weighted by Gasteiger charge is 2.39. The molecule has 4 atom stereocenters. The number of rotatable bonds is 5. The van der Waals surface area contributed by atoms with Gasteiger partial charge in [0.15, 0.2) is 0 Å². The topological polar surface area (TPSA) is 24.9 Å². The molecule has 94 valence electrons. The summed E-state index contributed by atoms with van der Waals surface area (Å²) in [5.74, 6) is 3.13. The fourth-order valence-electron chi connectivity index (χ4n) is 3.92. The molecule has 2 aliphatic carbocycles. The third kappa shape index (κ3) is 2.55. The number of hydrogen-bond acceptors (Lipinski definition) is 3. The maximum absolute atomic E-state index is 4.17. The van der Waals surface area contributed by atoms with Crippen LogP contribution in [0.5, 0.6) is 0 Å². The van der Waals surface area contributed by atoms with Crippen molar-refractivity contribution in [2.24, 2.45) is 17.8 Å². The van der Waals surface area contributed by atoms with Crippen LogP contribution in [-0.2, 0) is 6.42 Å². The number of thiazole rings is 1. The van der Waals surface area contributed by atoms with Crippen LogP contribution in [0.2, 0.25) is 0 Å². The zero-order valence-electron chi connectivity index (χ0n) is 10.6. The third-order valence-corrected chi connectivity index (χ3v) is 5.61. The lowest BCUT2D eigenvalue weighted by molar-refractivity contribution is 0.282. The average molecular weight is 250 g/mol. The van der Waals surface area contributed by atoms with Crippen molar-refractivity contribution in [1.82, 2.24) is 10.3 Å². The van der Waals surface area contributed by atoms with Crippen LogP contribution < -0.4 is 5.32 Å². The first kappa shape index (κ1) is 11.7. The minimum Gasteiger partial charge on any atom is -0.317 e. The zero-order chi connectivity index (χ0) is 11.7. The molecule has 0 saturated heterocycles. The van der Waals surface area contributed by atoms with Gasteiger partial charge in [-0.3, -0.25) is 4.98 Å². The molecule has 0 amide bonds. The fraction of sp³-hybridized carbons (Fsp3) is 0.786. The van der Waals surface area contributed by atoms with E-state index >= 15 is 0 Å². The predicted octanol–water partition coefficient (Wildman–Crippen LogP) is 3.10. The second kappa shape index (κ2) is 5.07. The molecule has 1 aromatic rings. The second-order valence-electron chi connectivity index (χ2n) is 5.83. The second-order valence-corrected chi connectivity index (χ2v) is 6.80. The van der Waals surface area contributed by atoms with E-state index in [-0.39, 0.29) is 0 Å². The van der Waals surface area contributed by atoms with Gasteiger partial charge in [-0.05, 0) is 56.9 Å². The van der Waals surface area contributed by atoms with Crippen LogP contribution in [0.4, 0.5) is 0 Å². The van der Waals surface area contributed by atoms with E-state index in [1.165, 1.54) is 37.0 Å². The van der Waals surface area contributed by atoms with Crippen LogP contribution in [0.15, 0.2) is 11.7 Å². The lowest BCUT2D eigenvalue weighted by atomic mass is 9.83. The van der Waals surface area contributed by atoms with Crippen LogP contribution in [0.3, 0.4) is 0 Å². The quantitative estimate of drug-likeness (QED) is 0.868. The summed E-state index contributed by atoms with van der Waals surface area (Å²) in [6.45, 7) is 0. The normalized spacial score (nSPS) is 33.1. The highest BCUT2D eigenvalue weighted by molar-refractivity contribution is 7.09. The third-order valence-electron chi connectivity index (χ3n) is 4.81. The number of nitrogens with zero attached hydrogens (tertiary/aromatic N) is 1. The maximum Gasteiger partial charge on any atom is 0.0794 e. The summed E-state index contributed by atoms with van der Waals surface area (Å²) in [4.78, 5) is 5.59. The summed E-state index contributed by atoms with van der Waals surface area (Å²) in [5, 5.41) is 3.51. The van der Waals surface area contributed by atoms with E-state index in [0.29, 0.717) is 6.04 Å². The highest BCUT2D eigenvalue weighted by Crippen LogP contribution is 2.49. The summed E-state index contributed by atoms with van der Waals surface area (Å²) in [7, 11) is 2.11. The number of hydrogen-bond donors (Lipinski definition) is 1. The minimum absolute atomic E-state index is 0.653. The molecule has 0 aliphatic heterocycles. The number of aromatic nitrogens is 1. The van der Waals surface area contributed by atoms with Crippen molar-refractivity contribution >= 4 is 11.3 Å². The smallest absolute Gasteiger partial charge is 0.0794 e. The summed E-state index contributed by atoms with van der Waals surface area (Å²) in [6.07, 6.45) is 10.6. The number of fused-ring (bicyclic) bond motifs is 2. The Kier molecular flexibility index (Phi) is 3.48. The van der Waals surface area contributed by atoms with Crippen molar-refractivity contribution in [1.29, 1.82) is 0 Å². The molecule has 2 saturated carbocycles. The Morgan fingerprint density at radius 2 is 2.41 bits per heavy atom. The zero-order valence-corrected chi connectivity index (χ0v) is 11.4. The molecular formula is C14H22N2S. The first-order valence-electron chi connectivity index (χ1n) is 6.89. The van der Waals surface area contributed by atoms with Gasteiger partial charge < -0.3 is 5.32 Å². The lowest BCUT2D eigenvalue weighted by Crippen LogP contribution is -2.31. The Labute approximate surface area is 108 Å². The molecule has 0 spiro atoms. The highest BCUT2D eigenvalue weighted by atomic mass is 32.1. The largest absolute Gasteiger partial charge is 0.317 e. The van der Waals surface area contributed by atoms with E-state index in [1.807, 2.05) is 11.7 Å². The van der Waals surface area contributed by atoms with E-state index in [9.17, 15) is 0 Å². The Morgan fingerprint density at radius 3 is 3.00 bits per heavy atom. The van der Waals surface area contributed by atoms with Crippen molar-refractivity contribution in [3.8, 4) is 0 Å². The van der Waals surface area contributed by atoms with Crippen molar-refractivity contribution in [3.63, 3.8) is 0 Å². The number of nitrogens with one attached hydrogen (secondary N) is 1. The van der Waals surface area contributed by atoms with Gasteiger partial charge in [-0.2, -0.15) is 0 Å². The molecule has 2 aliphatic rings. The summed E-state index contributed by atoms with van der Waals surface area (Å²) in [6, 6.07) is 0.653. The van der Waals surface area contributed by atoms with Crippen LogP contribution in [0, 0.1) is 17.8 Å². The average Bonchev–Trinajstić information content (AvgIpc) is 3.04. The summed E-state index contributed by atoms with van der Waals surface area (Å²) in [5.41, 5.74) is 1.94. The Hall–Kier alpha value is -0.410. The fourth-order valence-corrected chi connectivity index (χ4v) is 4.60. The molecule has 4 unspecified atom stereocenters. The van der Waals surface area contributed by atoms with Gasteiger partial charge in [0.2, 0.25) is 0 Å². The SMILES string of the molecule is CNC(Cc1cncs1)CC1CC2CCC1C2. The molecule has 17 heavy (non-hydrogen) atoms. The molecule has 0 aromatic carbocycles. The summed E-state index contributed by atoms with van der Waals surface area (Å²) >= 11 is 1.79. The first-order valence-corrected chi connectivity index (χ1v) is 7.77. The van der Waals surface area contributed by atoms with Crippen LogP contribution >= 0.6 is 11.3 Å². The molecule has 1 aromatic heterocycles. The molecule has 2 bridgehead atoms. The van der Waals surface area contributed by atoms with Gasteiger partial charge >= 0.3 is 0 Å². The van der Waals surface area contributed by atoms with Gasteiger partial charge in [-0.15, -0.1) is 11.3 Å². The molecule has 0 radical (unpaired) electrons.